The number of amides is 1. The van der Waals surface area contributed by atoms with Gasteiger partial charge in [-0.1, -0.05) is 25.6 Å². The first-order chi connectivity index (χ1) is 11.1. The molecule has 2 aromatic heterocycles. The van der Waals surface area contributed by atoms with Gasteiger partial charge in [0.25, 0.3) is 0 Å². The van der Waals surface area contributed by atoms with Crippen LogP contribution >= 0.6 is 11.8 Å². The summed E-state index contributed by atoms with van der Waals surface area (Å²) in [6, 6.07) is 3.82. The van der Waals surface area contributed by atoms with Crippen molar-refractivity contribution in [1.82, 2.24) is 20.1 Å². The molecule has 2 aromatic rings. The number of carbonyl (C=O) groups is 1. The molecule has 0 spiro atoms. The van der Waals surface area contributed by atoms with Crippen LogP contribution in [0.2, 0.25) is 0 Å². The Hall–Kier alpha value is -1.76. The Morgan fingerprint density at radius 1 is 1.48 bits per heavy atom. The third-order valence-electron chi connectivity index (χ3n) is 3.62. The molecule has 0 saturated heterocycles. The molecular formula is C16H22N4O2S. The maximum atomic E-state index is 11.9. The monoisotopic (exact) mass is 334 g/mol. The Balaban J connectivity index is 1.65. The number of hydrogen-bond donors (Lipinski definition) is 1. The molecule has 0 unspecified atom stereocenters. The molecule has 1 saturated carbocycles. The average Bonchev–Trinajstić information content (AvgIpc) is 3.09. The van der Waals surface area contributed by atoms with E-state index in [0.717, 1.165) is 29.6 Å². The zero-order valence-corrected chi connectivity index (χ0v) is 14.3. The largest absolute Gasteiger partial charge is 0.467 e. The summed E-state index contributed by atoms with van der Waals surface area (Å²) in [6.45, 7) is 5.47. The van der Waals surface area contributed by atoms with E-state index in [1.807, 2.05) is 12.1 Å². The Labute approximate surface area is 140 Å². The minimum absolute atomic E-state index is 0.0317. The topological polar surface area (TPSA) is 73.0 Å². The second kappa shape index (κ2) is 7.21. The molecule has 0 atom stereocenters. The van der Waals surface area contributed by atoms with Crippen LogP contribution in [0, 0.1) is 5.92 Å². The second-order valence-corrected chi connectivity index (χ2v) is 7.21. The summed E-state index contributed by atoms with van der Waals surface area (Å²) >= 11 is 1.43. The number of furan rings is 1. The van der Waals surface area contributed by atoms with Crippen molar-refractivity contribution in [3.05, 3.63) is 30.0 Å². The highest BCUT2D eigenvalue weighted by atomic mass is 32.2. The molecule has 0 bridgehead atoms. The van der Waals surface area contributed by atoms with Crippen molar-refractivity contribution in [2.75, 3.05) is 12.3 Å². The quantitative estimate of drug-likeness (QED) is 0.751. The van der Waals surface area contributed by atoms with Crippen LogP contribution in [-0.2, 0) is 11.3 Å². The maximum Gasteiger partial charge on any atom is 0.230 e. The van der Waals surface area contributed by atoms with Gasteiger partial charge in [-0.05, 0) is 30.9 Å². The summed E-state index contributed by atoms with van der Waals surface area (Å²) in [5.41, 5.74) is 0. The highest BCUT2D eigenvalue weighted by Gasteiger charge is 2.30. The second-order valence-electron chi connectivity index (χ2n) is 6.27. The van der Waals surface area contributed by atoms with Crippen molar-refractivity contribution in [3.8, 4) is 0 Å². The summed E-state index contributed by atoms with van der Waals surface area (Å²) < 4.78 is 7.52. The van der Waals surface area contributed by atoms with E-state index in [9.17, 15) is 4.79 Å². The number of thioether (sulfide) groups is 1. The third kappa shape index (κ3) is 4.37. The van der Waals surface area contributed by atoms with Gasteiger partial charge in [-0.2, -0.15) is 0 Å². The fourth-order valence-corrected chi connectivity index (χ4v) is 3.03. The smallest absolute Gasteiger partial charge is 0.230 e. The molecule has 1 fully saturated rings. The van der Waals surface area contributed by atoms with Crippen LogP contribution in [0.25, 0.3) is 0 Å². The zero-order chi connectivity index (χ0) is 16.2. The van der Waals surface area contributed by atoms with Crippen molar-refractivity contribution in [3.63, 3.8) is 0 Å². The minimum atomic E-state index is 0.0317. The van der Waals surface area contributed by atoms with Gasteiger partial charge in [0.15, 0.2) is 5.16 Å². The minimum Gasteiger partial charge on any atom is -0.467 e. The third-order valence-corrected chi connectivity index (χ3v) is 4.59. The molecule has 7 heteroatoms. The first-order valence-corrected chi connectivity index (χ1v) is 8.97. The molecule has 124 valence electrons. The summed E-state index contributed by atoms with van der Waals surface area (Å²) in [5.74, 6) is 3.22. The fraction of sp³-hybridized carbons (Fsp3) is 0.562. The first kappa shape index (κ1) is 16.1. The Morgan fingerprint density at radius 2 is 2.30 bits per heavy atom. The molecule has 6 nitrogen and oxygen atoms in total. The normalized spacial score (nSPS) is 14.4. The predicted molar refractivity (Wildman–Crippen MR) is 88.4 cm³/mol. The van der Waals surface area contributed by atoms with Gasteiger partial charge in [0, 0.05) is 12.5 Å². The van der Waals surface area contributed by atoms with Crippen LogP contribution in [-0.4, -0.2) is 33.0 Å². The van der Waals surface area contributed by atoms with Gasteiger partial charge in [0.05, 0.1) is 18.6 Å². The van der Waals surface area contributed by atoms with Gasteiger partial charge < -0.3 is 9.73 Å². The summed E-state index contributed by atoms with van der Waals surface area (Å²) in [5, 5.41) is 12.3. The van der Waals surface area contributed by atoms with Crippen LogP contribution in [0.3, 0.4) is 0 Å². The van der Waals surface area contributed by atoms with Crippen molar-refractivity contribution in [1.29, 1.82) is 0 Å². The molecule has 1 aliphatic rings. The molecule has 0 radical (unpaired) electrons. The molecular weight excluding hydrogens is 312 g/mol. The van der Waals surface area contributed by atoms with E-state index in [1.54, 1.807) is 6.26 Å². The first-order valence-electron chi connectivity index (χ1n) is 7.98. The van der Waals surface area contributed by atoms with Crippen molar-refractivity contribution in [2.45, 2.75) is 44.3 Å². The zero-order valence-electron chi connectivity index (χ0n) is 13.5. The maximum absolute atomic E-state index is 11.9. The summed E-state index contributed by atoms with van der Waals surface area (Å²) in [6.07, 6.45) is 3.99. The summed E-state index contributed by atoms with van der Waals surface area (Å²) in [4.78, 5) is 11.9. The van der Waals surface area contributed by atoms with Crippen LogP contribution in [0.5, 0.6) is 0 Å². The molecule has 1 aliphatic carbocycles. The van der Waals surface area contributed by atoms with Crippen LogP contribution in [0.1, 0.15) is 44.2 Å². The van der Waals surface area contributed by atoms with Gasteiger partial charge in [-0.3, -0.25) is 9.36 Å². The van der Waals surface area contributed by atoms with E-state index in [-0.39, 0.29) is 5.91 Å². The van der Waals surface area contributed by atoms with E-state index in [4.69, 9.17) is 4.42 Å². The predicted octanol–water partition coefficient (Wildman–Crippen LogP) is 2.66. The summed E-state index contributed by atoms with van der Waals surface area (Å²) in [7, 11) is 0. The lowest BCUT2D eigenvalue weighted by Crippen LogP contribution is -2.28. The number of aromatic nitrogens is 3. The van der Waals surface area contributed by atoms with E-state index < -0.39 is 0 Å². The van der Waals surface area contributed by atoms with E-state index in [2.05, 4.69) is 33.9 Å². The van der Waals surface area contributed by atoms with Gasteiger partial charge in [-0.15, -0.1) is 10.2 Å². The van der Waals surface area contributed by atoms with Gasteiger partial charge in [0.1, 0.15) is 11.6 Å². The van der Waals surface area contributed by atoms with E-state index in [0.29, 0.717) is 30.7 Å². The van der Waals surface area contributed by atoms with Gasteiger partial charge >= 0.3 is 0 Å². The molecule has 0 aliphatic heterocycles. The van der Waals surface area contributed by atoms with Crippen LogP contribution < -0.4 is 5.32 Å². The Morgan fingerprint density at radius 3 is 2.96 bits per heavy atom. The molecule has 2 heterocycles. The standard InChI is InChI=1S/C16H22N4O2S/c1-11(2)8-17-14(21)10-23-16-19-18-15(12-5-6-12)20(16)9-13-4-3-7-22-13/h3-4,7,11-12H,5-6,8-10H2,1-2H3,(H,17,21). The molecule has 23 heavy (non-hydrogen) atoms. The molecule has 3 rings (SSSR count). The number of rotatable bonds is 8. The van der Waals surface area contributed by atoms with Gasteiger partial charge in [0.2, 0.25) is 5.91 Å². The van der Waals surface area contributed by atoms with E-state index >= 15 is 0 Å². The van der Waals surface area contributed by atoms with Gasteiger partial charge in [-0.25, -0.2) is 0 Å². The number of nitrogens with one attached hydrogen (secondary N) is 1. The molecule has 1 N–H and O–H groups in total. The highest BCUT2D eigenvalue weighted by Crippen LogP contribution is 2.40. The Bertz CT molecular complexity index is 647. The highest BCUT2D eigenvalue weighted by molar-refractivity contribution is 7.99. The van der Waals surface area contributed by atoms with Crippen molar-refractivity contribution < 1.29 is 9.21 Å². The van der Waals surface area contributed by atoms with Crippen molar-refractivity contribution in [2.24, 2.45) is 5.92 Å². The number of nitrogens with zero attached hydrogens (tertiary/aromatic N) is 3. The Kier molecular flexibility index (Phi) is 5.05. The molecule has 0 aromatic carbocycles. The van der Waals surface area contributed by atoms with Crippen LogP contribution in [0.4, 0.5) is 0 Å². The molecule has 1 amide bonds. The fourth-order valence-electron chi connectivity index (χ4n) is 2.26. The van der Waals surface area contributed by atoms with Crippen molar-refractivity contribution >= 4 is 17.7 Å². The number of carbonyl (C=O) groups excluding carboxylic acids is 1. The lowest BCUT2D eigenvalue weighted by atomic mass is 10.2. The average molecular weight is 334 g/mol. The number of hydrogen-bond acceptors (Lipinski definition) is 5. The van der Waals surface area contributed by atoms with E-state index in [1.165, 1.54) is 11.8 Å². The SMILES string of the molecule is CC(C)CNC(=O)CSc1nnc(C2CC2)n1Cc1ccco1. The van der Waals surface area contributed by atoms with Crippen LogP contribution in [0.15, 0.2) is 28.0 Å². The lowest BCUT2D eigenvalue weighted by Gasteiger charge is -2.09. The lowest BCUT2D eigenvalue weighted by molar-refractivity contribution is -0.118.